The van der Waals surface area contributed by atoms with Gasteiger partial charge in [0.05, 0.1) is 12.2 Å². The van der Waals surface area contributed by atoms with E-state index in [2.05, 4.69) is 6.58 Å². The van der Waals surface area contributed by atoms with Crippen molar-refractivity contribution >= 4 is 23.6 Å². The van der Waals surface area contributed by atoms with Crippen molar-refractivity contribution in [1.29, 1.82) is 0 Å². The lowest BCUT2D eigenvalue weighted by molar-refractivity contribution is -0.137. The molecule has 0 heterocycles. The van der Waals surface area contributed by atoms with E-state index in [4.69, 9.17) is 15.2 Å². The number of aromatic carboxylic acids is 1. The maximum atomic E-state index is 12.3. The molecule has 0 unspecified atom stereocenters. The van der Waals surface area contributed by atoms with Crippen LogP contribution in [0, 0.1) is 0 Å². The molecule has 0 aliphatic carbocycles. The summed E-state index contributed by atoms with van der Waals surface area (Å²) in [5.41, 5.74) is 7.15. The van der Waals surface area contributed by atoms with Crippen molar-refractivity contribution in [2.45, 2.75) is 38.5 Å². The lowest BCUT2D eigenvalue weighted by Crippen LogP contribution is -2.12. The molecule has 0 aromatic heterocycles. The van der Waals surface area contributed by atoms with Crippen molar-refractivity contribution in [2.24, 2.45) is 0 Å². The molecule has 2 aromatic carbocycles. The quantitative estimate of drug-likeness (QED) is 0.170. The second kappa shape index (κ2) is 12.2. The number of unbranched alkanes of at least 4 members (excludes halogenated alkanes) is 4. The molecule has 0 aliphatic heterocycles. The van der Waals surface area contributed by atoms with Crippen LogP contribution in [0.2, 0.25) is 0 Å². The highest BCUT2D eigenvalue weighted by Gasteiger charge is 2.16. The SMILES string of the molecule is C=CC(=O)OCCCCCCCc1ccc(C(=O)Oc2ccc(N)cc2C(=O)O)cc1. The number of carboxylic acids is 1. The Morgan fingerprint density at radius 1 is 0.968 bits per heavy atom. The second-order valence-corrected chi connectivity index (χ2v) is 7.04. The van der Waals surface area contributed by atoms with Gasteiger partial charge in [0.2, 0.25) is 0 Å². The van der Waals surface area contributed by atoms with Gasteiger partial charge in [-0.1, -0.05) is 38.0 Å². The van der Waals surface area contributed by atoms with Crippen LogP contribution >= 0.6 is 0 Å². The third kappa shape index (κ3) is 7.97. The molecule has 7 nitrogen and oxygen atoms in total. The number of hydrogen-bond acceptors (Lipinski definition) is 6. The lowest BCUT2D eigenvalue weighted by atomic mass is 10.0. The number of nitrogen functional groups attached to an aromatic ring is 1. The first kappa shape index (κ1) is 23.7. The topological polar surface area (TPSA) is 116 Å². The van der Waals surface area contributed by atoms with Crippen molar-refractivity contribution in [3.05, 3.63) is 71.8 Å². The molecule has 2 aromatic rings. The maximum absolute atomic E-state index is 12.3. The highest BCUT2D eigenvalue weighted by Crippen LogP contribution is 2.23. The van der Waals surface area contributed by atoms with Gasteiger partial charge in [-0.25, -0.2) is 14.4 Å². The van der Waals surface area contributed by atoms with Crippen molar-refractivity contribution in [3.63, 3.8) is 0 Å². The minimum atomic E-state index is -1.22. The number of carbonyl (C=O) groups excluding carboxylic acids is 2. The smallest absolute Gasteiger partial charge is 0.343 e. The molecule has 2 rings (SSSR count). The summed E-state index contributed by atoms with van der Waals surface area (Å²) in [6.07, 6.45) is 7.03. The van der Waals surface area contributed by atoms with E-state index in [0.717, 1.165) is 50.2 Å². The van der Waals surface area contributed by atoms with Crippen LogP contribution in [0.4, 0.5) is 5.69 Å². The average molecular weight is 425 g/mol. The fraction of sp³-hybridized carbons (Fsp3) is 0.292. The first-order valence-electron chi connectivity index (χ1n) is 10.1. The number of ether oxygens (including phenoxy) is 2. The van der Waals surface area contributed by atoms with E-state index in [0.29, 0.717) is 12.2 Å². The summed E-state index contributed by atoms with van der Waals surface area (Å²) in [6, 6.07) is 11.2. The van der Waals surface area contributed by atoms with Crippen LogP contribution < -0.4 is 10.5 Å². The number of esters is 2. The van der Waals surface area contributed by atoms with E-state index >= 15 is 0 Å². The summed E-state index contributed by atoms with van der Waals surface area (Å²) in [5.74, 6) is -2.28. The van der Waals surface area contributed by atoms with Gasteiger partial charge < -0.3 is 20.3 Å². The van der Waals surface area contributed by atoms with Crippen molar-refractivity contribution in [3.8, 4) is 5.75 Å². The molecule has 0 spiro atoms. The Balaban J connectivity index is 1.75. The predicted octanol–water partition coefficient (Wildman–Crippen LogP) is 4.41. The van der Waals surface area contributed by atoms with E-state index in [1.165, 1.54) is 18.2 Å². The minimum absolute atomic E-state index is 0.0463. The van der Waals surface area contributed by atoms with E-state index in [1.807, 2.05) is 12.1 Å². The van der Waals surface area contributed by atoms with Gasteiger partial charge in [-0.05, 0) is 55.2 Å². The Morgan fingerprint density at radius 2 is 1.65 bits per heavy atom. The zero-order valence-corrected chi connectivity index (χ0v) is 17.3. The van der Waals surface area contributed by atoms with Gasteiger partial charge >= 0.3 is 17.9 Å². The number of nitrogens with two attached hydrogens (primary N) is 1. The second-order valence-electron chi connectivity index (χ2n) is 7.04. The largest absolute Gasteiger partial charge is 0.478 e. The normalized spacial score (nSPS) is 10.3. The third-order valence-corrected chi connectivity index (χ3v) is 4.65. The number of carboxylic acid groups (broad SMARTS) is 1. The average Bonchev–Trinajstić information content (AvgIpc) is 2.76. The molecular weight excluding hydrogens is 398 g/mol. The summed E-state index contributed by atoms with van der Waals surface area (Å²) in [5, 5.41) is 9.24. The van der Waals surface area contributed by atoms with Crippen LogP contribution in [0.5, 0.6) is 5.75 Å². The highest BCUT2D eigenvalue weighted by molar-refractivity contribution is 5.96. The van der Waals surface area contributed by atoms with E-state index in [1.54, 1.807) is 12.1 Å². The number of carbonyl (C=O) groups is 3. The zero-order valence-electron chi connectivity index (χ0n) is 17.3. The molecule has 0 radical (unpaired) electrons. The highest BCUT2D eigenvalue weighted by atomic mass is 16.5. The maximum Gasteiger partial charge on any atom is 0.343 e. The molecule has 0 amide bonds. The predicted molar refractivity (Wildman–Crippen MR) is 117 cm³/mol. The van der Waals surface area contributed by atoms with Gasteiger partial charge in [0.1, 0.15) is 11.3 Å². The first-order valence-corrected chi connectivity index (χ1v) is 10.1. The summed E-state index contributed by atoms with van der Waals surface area (Å²) in [6.45, 7) is 3.77. The molecule has 0 fully saturated rings. The lowest BCUT2D eigenvalue weighted by Gasteiger charge is -2.09. The van der Waals surface area contributed by atoms with Gasteiger partial charge in [0.25, 0.3) is 0 Å². The van der Waals surface area contributed by atoms with Crippen molar-refractivity contribution in [1.82, 2.24) is 0 Å². The fourth-order valence-electron chi connectivity index (χ4n) is 2.96. The number of aryl methyl sites for hydroxylation is 1. The minimum Gasteiger partial charge on any atom is -0.478 e. The van der Waals surface area contributed by atoms with Gasteiger partial charge in [-0.2, -0.15) is 0 Å². The molecule has 31 heavy (non-hydrogen) atoms. The molecule has 0 atom stereocenters. The molecule has 3 N–H and O–H groups in total. The van der Waals surface area contributed by atoms with Crippen LogP contribution in [0.1, 0.15) is 58.4 Å². The third-order valence-electron chi connectivity index (χ3n) is 4.65. The number of rotatable bonds is 12. The van der Waals surface area contributed by atoms with E-state index < -0.39 is 11.9 Å². The zero-order chi connectivity index (χ0) is 22.6. The van der Waals surface area contributed by atoms with Gasteiger partial charge in [-0.3, -0.25) is 0 Å². The van der Waals surface area contributed by atoms with Gasteiger partial charge in [-0.15, -0.1) is 0 Å². The molecule has 0 aliphatic rings. The van der Waals surface area contributed by atoms with Crippen LogP contribution in [0.15, 0.2) is 55.1 Å². The van der Waals surface area contributed by atoms with E-state index in [-0.39, 0.29) is 23.0 Å². The van der Waals surface area contributed by atoms with Crippen LogP contribution in [-0.4, -0.2) is 29.6 Å². The molecule has 7 heteroatoms. The molecule has 0 saturated carbocycles. The number of anilines is 1. The Morgan fingerprint density at radius 3 is 2.32 bits per heavy atom. The molecule has 164 valence electrons. The van der Waals surface area contributed by atoms with Gasteiger partial charge in [0, 0.05) is 11.8 Å². The monoisotopic (exact) mass is 425 g/mol. The Hall–Kier alpha value is -3.61. The standard InChI is InChI=1S/C24H27NO6/c1-2-22(26)30-15-7-5-3-4-6-8-17-9-11-18(12-10-17)24(29)31-21-14-13-19(25)16-20(21)23(27)28/h2,9-14,16H,1,3-8,15,25H2,(H,27,28). The van der Waals surface area contributed by atoms with Crippen LogP contribution in [-0.2, 0) is 16.0 Å². The van der Waals surface area contributed by atoms with Crippen molar-refractivity contribution < 1.29 is 29.0 Å². The Bertz CT molecular complexity index is 920. The Labute approximate surface area is 181 Å². The molecular formula is C24H27NO6. The summed E-state index contributed by atoms with van der Waals surface area (Å²) >= 11 is 0. The Kier molecular flexibility index (Phi) is 9.29. The first-order chi connectivity index (χ1) is 14.9. The summed E-state index contributed by atoms with van der Waals surface area (Å²) in [4.78, 5) is 34.6. The summed E-state index contributed by atoms with van der Waals surface area (Å²) in [7, 11) is 0. The number of hydrogen-bond donors (Lipinski definition) is 2. The molecule has 0 saturated heterocycles. The van der Waals surface area contributed by atoms with Gasteiger partial charge in [0.15, 0.2) is 0 Å². The fourth-order valence-corrected chi connectivity index (χ4v) is 2.96. The van der Waals surface area contributed by atoms with Crippen molar-refractivity contribution in [2.75, 3.05) is 12.3 Å². The number of benzene rings is 2. The van der Waals surface area contributed by atoms with Crippen LogP contribution in [0.3, 0.4) is 0 Å². The summed E-state index contributed by atoms with van der Waals surface area (Å²) < 4.78 is 10.2. The van der Waals surface area contributed by atoms with Crippen LogP contribution in [0.25, 0.3) is 0 Å². The molecule has 0 bridgehead atoms. The van der Waals surface area contributed by atoms with E-state index in [9.17, 15) is 19.5 Å².